The number of guanidine groups is 1. The number of nitrogens with one attached hydrogen (secondary N) is 2. The van der Waals surface area contributed by atoms with Gasteiger partial charge < -0.3 is 20.4 Å². The van der Waals surface area contributed by atoms with E-state index in [1.165, 1.54) is 11.1 Å². The number of likely N-dealkylation sites (tertiary alicyclic amines) is 1. The predicted molar refractivity (Wildman–Crippen MR) is 147 cm³/mol. The number of carbonyl (C=O) groups is 2. The first-order chi connectivity index (χ1) is 16.1. The molecule has 0 spiro atoms. The van der Waals surface area contributed by atoms with Crippen LogP contribution in [0.3, 0.4) is 0 Å². The van der Waals surface area contributed by atoms with Gasteiger partial charge in [0.05, 0.1) is 0 Å². The van der Waals surface area contributed by atoms with Gasteiger partial charge in [0.2, 0.25) is 11.8 Å². The van der Waals surface area contributed by atoms with E-state index in [9.17, 15) is 9.59 Å². The molecular weight excluding hydrogens is 541 g/mol. The first-order valence-corrected chi connectivity index (χ1v) is 11.9. The molecule has 0 saturated carbocycles. The van der Waals surface area contributed by atoms with Crippen LogP contribution >= 0.6 is 24.0 Å². The number of carbonyl (C=O) groups excluding carboxylic acids is 2. The minimum Gasteiger partial charge on any atom is -0.357 e. The van der Waals surface area contributed by atoms with Crippen molar-refractivity contribution in [3.8, 4) is 0 Å². The highest BCUT2D eigenvalue weighted by Crippen LogP contribution is 2.27. The molecule has 2 aromatic carbocycles. The number of rotatable bonds is 8. The van der Waals surface area contributed by atoms with Gasteiger partial charge in [-0.3, -0.25) is 9.59 Å². The normalized spacial score (nSPS) is 17.4. The number of anilines is 1. The Labute approximate surface area is 219 Å². The lowest BCUT2D eigenvalue weighted by Crippen LogP contribution is -2.41. The van der Waals surface area contributed by atoms with Crippen molar-refractivity contribution in [2.24, 2.45) is 10.9 Å². The van der Waals surface area contributed by atoms with Crippen LogP contribution in [0.4, 0.5) is 5.69 Å². The van der Waals surface area contributed by atoms with E-state index in [1.54, 1.807) is 0 Å². The van der Waals surface area contributed by atoms with Crippen molar-refractivity contribution >= 4 is 47.4 Å². The van der Waals surface area contributed by atoms with Gasteiger partial charge in [-0.15, -0.1) is 24.0 Å². The predicted octanol–water partition coefficient (Wildman–Crippen LogP) is 2.84. The Morgan fingerprint density at radius 3 is 2.65 bits per heavy atom. The summed E-state index contributed by atoms with van der Waals surface area (Å²) in [6.07, 6.45) is 2.31. The van der Waals surface area contributed by atoms with Crippen molar-refractivity contribution in [2.75, 3.05) is 44.2 Å². The molecule has 4 rings (SSSR count). The molecule has 2 heterocycles. The van der Waals surface area contributed by atoms with Gasteiger partial charge in [-0.25, -0.2) is 4.99 Å². The van der Waals surface area contributed by atoms with Gasteiger partial charge in [-0.2, -0.15) is 0 Å². The van der Waals surface area contributed by atoms with Gasteiger partial charge in [-0.05, 0) is 37.0 Å². The number of halogens is 1. The van der Waals surface area contributed by atoms with E-state index in [0.717, 1.165) is 31.6 Å². The zero-order valence-corrected chi connectivity index (χ0v) is 22.0. The van der Waals surface area contributed by atoms with E-state index in [2.05, 4.69) is 33.8 Å². The maximum absolute atomic E-state index is 12.8. The van der Waals surface area contributed by atoms with Crippen LogP contribution in [-0.2, 0) is 22.4 Å². The average Bonchev–Trinajstić information content (AvgIpc) is 3.43. The number of hydrogen-bond acceptors (Lipinski definition) is 3. The molecule has 2 amide bonds. The second-order valence-electron chi connectivity index (χ2n) is 8.65. The number of hydrogen-bond donors (Lipinski definition) is 2. The molecule has 1 fully saturated rings. The molecule has 1 unspecified atom stereocenters. The summed E-state index contributed by atoms with van der Waals surface area (Å²) in [5.74, 6) is 1.06. The smallest absolute Gasteiger partial charge is 0.248 e. The van der Waals surface area contributed by atoms with E-state index in [-0.39, 0.29) is 48.3 Å². The Bertz CT molecular complexity index is 998. The van der Waals surface area contributed by atoms with E-state index in [1.807, 2.05) is 53.1 Å². The second kappa shape index (κ2) is 12.7. The molecule has 182 valence electrons. The number of benzene rings is 2. The Morgan fingerprint density at radius 1 is 1.09 bits per heavy atom. The summed E-state index contributed by atoms with van der Waals surface area (Å²) in [4.78, 5) is 33.5. The van der Waals surface area contributed by atoms with Gasteiger partial charge in [0.15, 0.2) is 5.96 Å². The lowest BCUT2D eigenvalue weighted by Gasteiger charge is -2.18. The minimum absolute atomic E-state index is 0. The van der Waals surface area contributed by atoms with E-state index < -0.39 is 0 Å². The van der Waals surface area contributed by atoms with Gasteiger partial charge in [0.1, 0.15) is 6.54 Å². The lowest BCUT2D eigenvalue weighted by atomic mass is 10.1. The monoisotopic (exact) mass is 575 g/mol. The third-order valence-electron chi connectivity index (χ3n) is 6.27. The molecule has 8 heteroatoms. The van der Waals surface area contributed by atoms with Gasteiger partial charge in [-0.1, -0.05) is 48.5 Å². The van der Waals surface area contributed by atoms with Crippen LogP contribution < -0.4 is 15.5 Å². The Balaban J connectivity index is 0.00000324. The summed E-state index contributed by atoms with van der Waals surface area (Å²) in [6, 6.07) is 18.3. The molecular formula is C26H34IN5O2. The zero-order valence-electron chi connectivity index (χ0n) is 19.7. The molecule has 2 N–H and O–H groups in total. The minimum atomic E-state index is 0. The molecule has 2 aromatic rings. The quantitative estimate of drug-likeness (QED) is 0.289. The Kier molecular flexibility index (Phi) is 9.74. The standard InChI is InChI=1S/C26H33N5O2.HI/c1-2-27-26(29-18-25(33)31-15-13-22-10-6-7-11-23(22)31)28-17-21-16-24(32)30(19-21)14-12-20-8-4-3-5-9-20;/h3-11,21H,2,12-19H2,1H3,(H2,27,28,29);1H. The molecule has 2 aliphatic heterocycles. The van der Waals surface area contributed by atoms with Gasteiger partial charge >= 0.3 is 0 Å². The van der Waals surface area contributed by atoms with Gasteiger partial charge in [0.25, 0.3) is 0 Å². The fraction of sp³-hybridized carbons (Fsp3) is 0.423. The maximum atomic E-state index is 12.8. The van der Waals surface area contributed by atoms with Gasteiger partial charge in [0, 0.05) is 50.7 Å². The van der Waals surface area contributed by atoms with Crippen LogP contribution in [0, 0.1) is 5.92 Å². The fourth-order valence-corrected chi connectivity index (χ4v) is 4.53. The lowest BCUT2D eigenvalue weighted by molar-refractivity contribution is -0.127. The Morgan fingerprint density at radius 2 is 1.85 bits per heavy atom. The van der Waals surface area contributed by atoms with Crippen LogP contribution in [0.1, 0.15) is 24.5 Å². The van der Waals surface area contributed by atoms with Crippen molar-refractivity contribution < 1.29 is 9.59 Å². The van der Waals surface area contributed by atoms with Crippen LogP contribution in [-0.4, -0.2) is 61.9 Å². The Hall–Kier alpha value is -2.62. The molecule has 0 bridgehead atoms. The van der Waals surface area contributed by atoms with E-state index >= 15 is 0 Å². The number of para-hydroxylation sites is 1. The largest absolute Gasteiger partial charge is 0.357 e. The topological polar surface area (TPSA) is 77.0 Å². The first kappa shape index (κ1) is 26.0. The zero-order chi connectivity index (χ0) is 23.0. The summed E-state index contributed by atoms with van der Waals surface area (Å²) >= 11 is 0. The number of amides is 2. The van der Waals surface area contributed by atoms with Crippen molar-refractivity contribution in [1.82, 2.24) is 15.5 Å². The molecule has 34 heavy (non-hydrogen) atoms. The summed E-state index contributed by atoms with van der Waals surface area (Å²) < 4.78 is 0. The summed E-state index contributed by atoms with van der Waals surface area (Å²) in [5.41, 5.74) is 3.46. The highest BCUT2D eigenvalue weighted by Gasteiger charge is 2.29. The average molecular weight is 575 g/mol. The molecule has 0 aliphatic carbocycles. The summed E-state index contributed by atoms with van der Waals surface area (Å²) in [5, 5.41) is 6.54. The first-order valence-electron chi connectivity index (χ1n) is 11.9. The number of fused-ring (bicyclic) bond motifs is 1. The van der Waals surface area contributed by atoms with Crippen LogP contribution in [0.5, 0.6) is 0 Å². The maximum Gasteiger partial charge on any atom is 0.248 e. The van der Waals surface area contributed by atoms with Crippen LogP contribution in [0.25, 0.3) is 0 Å². The van der Waals surface area contributed by atoms with Crippen LogP contribution in [0.2, 0.25) is 0 Å². The third kappa shape index (κ3) is 6.71. The van der Waals surface area contributed by atoms with Crippen molar-refractivity contribution in [1.29, 1.82) is 0 Å². The number of aliphatic imine (C=N–C) groups is 1. The molecule has 1 atom stereocenters. The third-order valence-corrected chi connectivity index (χ3v) is 6.27. The molecule has 0 aromatic heterocycles. The molecule has 7 nitrogen and oxygen atoms in total. The SMILES string of the molecule is CCNC(=NCC(=O)N1CCc2ccccc21)NCC1CC(=O)N(CCc2ccccc2)C1.I. The highest BCUT2D eigenvalue weighted by atomic mass is 127. The van der Waals surface area contributed by atoms with E-state index in [0.29, 0.717) is 32.0 Å². The van der Waals surface area contributed by atoms with E-state index in [4.69, 9.17) is 0 Å². The molecule has 1 saturated heterocycles. The summed E-state index contributed by atoms with van der Waals surface area (Å²) in [6.45, 7) is 5.66. The molecule has 0 radical (unpaired) electrons. The highest BCUT2D eigenvalue weighted by molar-refractivity contribution is 14.0. The van der Waals surface area contributed by atoms with Crippen molar-refractivity contribution in [3.05, 3.63) is 65.7 Å². The number of nitrogens with zero attached hydrogens (tertiary/aromatic N) is 3. The van der Waals surface area contributed by atoms with Crippen molar-refractivity contribution in [3.63, 3.8) is 0 Å². The second-order valence-corrected chi connectivity index (χ2v) is 8.65. The molecule has 2 aliphatic rings. The summed E-state index contributed by atoms with van der Waals surface area (Å²) in [7, 11) is 0. The van der Waals surface area contributed by atoms with Crippen molar-refractivity contribution in [2.45, 2.75) is 26.2 Å². The van der Waals surface area contributed by atoms with Crippen LogP contribution in [0.15, 0.2) is 59.6 Å². The fourth-order valence-electron chi connectivity index (χ4n) is 4.53.